The van der Waals surface area contributed by atoms with E-state index < -0.39 is 0 Å². The first-order chi connectivity index (χ1) is 6.33. The van der Waals surface area contributed by atoms with Crippen LogP contribution in [0.15, 0.2) is 30.3 Å². The Morgan fingerprint density at radius 1 is 1.23 bits per heavy atom. The van der Waals surface area contributed by atoms with Crippen molar-refractivity contribution in [2.45, 2.75) is 26.8 Å². The van der Waals surface area contributed by atoms with Gasteiger partial charge in [0.25, 0.3) is 0 Å². The van der Waals surface area contributed by atoms with Crippen LogP contribution in [0.3, 0.4) is 0 Å². The first kappa shape index (κ1) is 10.3. The van der Waals surface area contributed by atoms with Crippen molar-refractivity contribution in [2.75, 3.05) is 6.54 Å². The molecule has 0 aliphatic carbocycles. The third-order valence-corrected chi connectivity index (χ3v) is 2.36. The zero-order chi connectivity index (χ0) is 9.52. The Labute approximate surface area is 81.2 Å². The molecule has 0 saturated heterocycles. The van der Waals surface area contributed by atoms with Crippen LogP contribution in [-0.2, 0) is 6.54 Å². The molecule has 0 fully saturated rings. The second-order valence-corrected chi connectivity index (χ2v) is 3.63. The van der Waals surface area contributed by atoms with Gasteiger partial charge in [0, 0.05) is 6.54 Å². The van der Waals surface area contributed by atoms with E-state index in [2.05, 4.69) is 49.5 Å². The third kappa shape index (κ3) is 4.09. The molecule has 1 atom stereocenters. The number of nitrogens with one attached hydrogen (secondary N) is 1. The monoisotopic (exact) mass is 177 g/mol. The highest BCUT2D eigenvalue weighted by molar-refractivity contribution is 5.14. The van der Waals surface area contributed by atoms with E-state index in [4.69, 9.17) is 0 Å². The maximum absolute atomic E-state index is 3.45. The van der Waals surface area contributed by atoms with Gasteiger partial charge in [0.2, 0.25) is 0 Å². The van der Waals surface area contributed by atoms with Crippen LogP contribution in [-0.4, -0.2) is 6.54 Å². The Hall–Kier alpha value is -0.820. The van der Waals surface area contributed by atoms with Crippen LogP contribution < -0.4 is 5.32 Å². The van der Waals surface area contributed by atoms with Crippen LogP contribution >= 0.6 is 0 Å². The summed E-state index contributed by atoms with van der Waals surface area (Å²) < 4.78 is 0. The molecule has 1 heteroatoms. The average Bonchev–Trinajstić information content (AvgIpc) is 2.19. The first-order valence-corrected chi connectivity index (χ1v) is 5.07. The SMILES string of the molecule is CC[C@H](C)CNCc1ccccc1. The summed E-state index contributed by atoms with van der Waals surface area (Å²) in [5, 5.41) is 3.45. The number of rotatable bonds is 5. The van der Waals surface area contributed by atoms with Crippen molar-refractivity contribution in [3.63, 3.8) is 0 Å². The second kappa shape index (κ2) is 5.76. The Morgan fingerprint density at radius 2 is 1.92 bits per heavy atom. The topological polar surface area (TPSA) is 12.0 Å². The van der Waals surface area contributed by atoms with Gasteiger partial charge < -0.3 is 5.32 Å². The standard InChI is InChI=1S/C12H19N/c1-3-11(2)9-13-10-12-7-5-4-6-8-12/h4-8,11,13H,3,9-10H2,1-2H3/t11-/m0/s1. The van der Waals surface area contributed by atoms with Crippen molar-refractivity contribution >= 4 is 0 Å². The molecule has 1 N–H and O–H groups in total. The molecule has 0 aromatic heterocycles. The third-order valence-electron chi connectivity index (χ3n) is 2.36. The first-order valence-electron chi connectivity index (χ1n) is 5.07. The zero-order valence-electron chi connectivity index (χ0n) is 8.59. The average molecular weight is 177 g/mol. The zero-order valence-corrected chi connectivity index (χ0v) is 8.59. The predicted molar refractivity (Wildman–Crippen MR) is 57.6 cm³/mol. The maximum Gasteiger partial charge on any atom is 0.0205 e. The van der Waals surface area contributed by atoms with Crippen LogP contribution in [0.1, 0.15) is 25.8 Å². The summed E-state index contributed by atoms with van der Waals surface area (Å²) in [6.07, 6.45) is 1.25. The van der Waals surface area contributed by atoms with Crippen molar-refractivity contribution in [1.29, 1.82) is 0 Å². The molecule has 0 heterocycles. The second-order valence-electron chi connectivity index (χ2n) is 3.63. The molecule has 0 radical (unpaired) electrons. The normalized spacial score (nSPS) is 12.8. The van der Waals surface area contributed by atoms with Gasteiger partial charge in [0.15, 0.2) is 0 Å². The van der Waals surface area contributed by atoms with Gasteiger partial charge in [-0.05, 0) is 18.0 Å². The molecule has 0 aliphatic rings. The van der Waals surface area contributed by atoms with Crippen LogP contribution in [0.25, 0.3) is 0 Å². The summed E-state index contributed by atoms with van der Waals surface area (Å²) in [7, 11) is 0. The molecule has 0 saturated carbocycles. The van der Waals surface area contributed by atoms with Crippen LogP contribution in [0.4, 0.5) is 0 Å². The molecule has 1 aromatic carbocycles. The van der Waals surface area contributed by atoms with Crippen LogP contribution in [0.5, 0.6) is 0 Å². The van der Waals surface area contributed by atoms with Gasteiger partial charge in [-0.15, -0.1) is 0 Å². The van der Waals surface area contributed by atoms with Gasteiger partial charge in [0.1, 0.15) is 0 Å². The van der Waals surface area contributed by atoms with E-state index in [1.54, 1.807) is 0 Å². The van der Waals surface area contributed by atoms with E-state index >= 15 is 0 Å². The minimum atomic E-state index is 0.781. The largest absolute Gasteiger partial charge is 0.312 e. The number of hydrogen-bond donors (Lipinski definition) is 1. The molecule has 1 aromatic rings. The quantitative estimate of drug-likeness (QED) is 0.729. The van der Waals surface area contributed by atoms with E-state index in [0.29, 0.717) is 0 Å². The fraction of sp³-hybridized carbons (Fsp3) is 0.500. The Kier molecular flexibility index (Phi) is 4.55. The molecule has 0 amide bonds. The highest BCUT2D eigenvalue weighted by Crippen LogP contribution is 2.00. The summed E-state index contributed by atoms with van der Waals surface area (Å²) >= 11 is 0. The van der Waals surface area contributed by atoms with Gasteiger partial charge >= 0.3 is 0 Å². The minimum Gasteiger partial charge on any atom is -0.312 e. The fourth-order valence-corrected chi connectivity index (χ4v) is 1.20. The maximum atomic E-state index is 3.45. The lowest BCUT2D eigenvalue weighted by Gasteiger charge is -2.09. The lowest BCUT2D eigenvalue weighted by atomic mass is 10.1. The molecule has 1 rings (SSSR count). The Morgan fingerprint density at radius 3 is 2.54 bits per heavy atom. The molecule has 0 unspecified atom stereocenters. The molecule has 1 nitrogen and oxygen atoms in total. The summed E-state index contributed by atoms with van der Waals surface area (Å²) in [6, 6.07) is 10.5. The molecular formula is C12H19N. The number of benzene rings is 1. The molecule has 0 spiro atoms. The van der Waals surface area contributed by atoms with E-state index in [1.807, 2.05) is 0 Å². The van der Waals surface area contributed by atoms with Crippen LogP contribution in [0, 0.1) is 5.92 Å². The van der Waals surface area contributed by atoms with E-state index in [9.17, 15) is 0 Å². The fourth-order valence-electron chi connectivity index (χ4n) is 1.20. The number of hydrogen-bond acceptors (Lipinski definition) is 1. The molecule has 13 heavy (non-hydrogen) atoms. The highest BCUT2D eigenvalue weighted by atomic mass is 14.8. The smallest absolute Gasteiger partial charge is 0.0205 e. The van der Waals surface area contributed by atoms with Crippen molar-refractivity contribution in [3.05, 3.63) is 35.9 Å². The lowest BCUT2D eigenvalue weighted by Crippen LogP contribution is -2.20. The highest BCUT2D eigenvalue weighted by Gasteiger charge is 1.96. The van der Waals surface area contributed by atoms with E-state index in [1.165, 1.54) is 12.0 Å². The van der Waals surface area contributed by atoms with E-state index in [0.717, 1.165) is 19.0 Å². The van der Waals surface area contributed by atoms with Gasteiger partial charge in [0.05, 0.1) is 0 Å². The van der Waals surface area contributed by atoms with Gasteiger partial charge in [-0.3, -0.25) is 0 Å². The molecule has 72 valence electrons. The Bertz CT molecular complexity index is 218. The van der Waals surface area contributed by atoms with Gasteiger partial charge in [-0.1, -0.05) is 50.6 Å². The van der Waals surface area contributed by atoms with Crippen molar-refractivity contribution in [1.82, 2.24) is 5.32 Å². The molecule has 0 bridgehead atoms. The molecular weight excluding hydrogens is 158 g/mol. The van der Waals surface area contributed by atoms with E-state index in [-0.39, 0.29) is 0 Å². The van der Waals surface area contributed by atoms with Crippen molar-refractivity contribution in [3.8, 4) is 0 Å². The summed E-state index contributed by atoms with van der Waals surface area (Å²) in [6.45, 7) is 6.61. The summed E-state index contributed by atoms with van der Waals surface area (Å²) in [5.41, 5.74) is 1.37. The Balaban J connectivity index is 2.20. The summed E-state index contributed by atoms with van der Waals surface area (Å²) in [5.74, 6) is 0.781. The van der Waals surface area contributed by atoms with Gasteiger partial charge in [-0.2, -0.15) is 0 Å². The van der Waals surface area contributed by atoms with Crippen LogP contribution in [0.2, 0.25) is 0 Å². The molecule has 0 aliphatic heterocycles. The summed E-state index contributed by atoms with van der Waals surface area (Å²) in [4.78, 5) is 0. The van der Waals surface area contributed by atoms with Gasteiger partial charge in [-0.25, -0.2) is 0 Å². The lowest BCUT2D eigenvalue weighted by molar-refractivity contribution is 0.500. The van der Waals surface area contributed by atoms with Crippen molar-refractivity contribution < 1.29 is 0 Å². The predicted octanol–water partition coefficient (Wildman–Crippen LogP) is 2.82. The van der Waals surface area contributed by atoms with Crippen molar-refractivity contribution in [2.24, 2.45) is 5.92 Å². The minimum absolute atomic E-state index is 0.781.